The summed E-state index contributed by atoms with van der Waals surface area (Å²) >= 11 is 0. The lowest BCUT2D eigenvalue weighted by Gasteiger charge is -2.50. The number of allylic oxidation sites excluding steroid dienone is 2. The zero-order chi connectivity index (χ0) is 75.8. The Morgan fingerprint density at radius 2 is 1.07 bits per heavy atom. The van der Waals surface area contributed by atoms with Crippen LogP contribution in [-0.2, 0) is 75.2 Å². The van der Waals surface area contributed by atoms with Crippen molar-refractivity contribution in [1.29, 1.82) is 0 Å². The van der Waals surface area contributed by atoms with Gasteiger partial charge in [-0.2, -0.15) is 0 Å². The summed E-state index contributed by atoms with van der Waals surface area (Å²) in [6, 6.07) is 6.90. The molecule has 36 nitrogen and oxygen atoms in total. The highest BCUT2D eigenvalue weighted by Crippen LogP contribution is 2.59. The second-order valence-corrected chi connectivity index (χ2v) is 26.6. The number of nitrogens with two attached hydrogens (primary N) is 4. The van der Waals surface area contributed by atoms with Gasteiger partial charge in [-0.05, 0) is 149 Å². The molecule has 4 aliphatic rings. The number of primary amides is 4. The lowest BCUT2D eigenvalue weighted by molar-refractivity contribution is -0.308. The quantitative estimate of drug-likeness (QED) is 0.0226. The Morgan fingerprint density at radius 1 is 0.563 bits per heavy atom. The van der Waals surface area contributed by atoms with Gasteiger partial charge < -0.3 is 108 Å². The van der Waals surface area contributed by atoms with Gasteiger partial charge in [0.25, 0.3) is 0 Å². The van der Waals surface area contributed by atoms with Crippen molar-refractivity contribution in [2.75, 3.05) is 109 Å². The third-order valence-corrected chi connectivity index (χ3v) is 19.3. The smallest absolute Gasteiger partial charge is 0.320 e. The minimum atomic E-state index is -1.99. The van der Waals surface area contributed by atoms with Crippen molar-refractivity contribution in [3.63, 3.8) is 0 Å². The molecule has 6 rings (SSSR count). The number of fused-ring (bicyclic) bond motifs is 5. The standard InChI is InChI=1S/C67H94N14O22/c1-39(82)67(102)20-18-51-50-12-6-42-28-45(11-13-48(42)49(50)14-15-52(51)67)75-103-25-19-58(87)74-53(64(98)73-44-9-4-41(5-10-44)27-47(80(33-56(70)85)38-63(96)97)30-77(35-60(90)91)23-24-81(65(71)99)66(100)101)16-17-57(86)72-43-7-2-40(3-8-43)26-46(79(32-55(69)84)37-62(94)95)29-76(34-59(88)89)21-22-78(31-54(68)83)36-61(92)93/h2-5,7-10,28,46-53,102H,6,11-27,29-38H2,1H3,(H2,68,83)(H2,69,84)(H2,70,85)(H2,71,99)(H,72,86)(H,73,98)(H,74,87)(H,88,89)(H,90,91)(H,92,93)(H,94,95)(H,96,97)(H,100,101)/p-6/b75-45-. The molecule has 0 aromatic heterocycles. The fourth-order valence-electron chi connectivity index (χ4n) is 14.8. The molecule has 3 saturated carbocycles. The van der Waals surface area contributed by atoms with E-state index in [-0.39, 0.29) is 86.3 Å². The topological polar surface area (TPSA) is 579 Å². The fourth-order valence-corrected chi connectivity index (χ4v) is 14.8. The molecule has 103 heavy (non-hydrogen) atoms. The monoisotopic (exact) mass is 1440 g/mol. The van der Waals surface area contributed by atoms with Crippen LogP contribution >= 0.6 is 0 Å². The number of urea groups is 1. The molecule has 0 aliphatic heterocycles. The van der Waals surface area contributed by atoms with Crippen LogP contribution in [0.15, 0.2) is 65.3 Å². The average Bonchev–Trinajstić information content (AvgIpc) is 1.59. The summed E-state index contributed by atoms with van der Waals surface area (Å²) in [7, 11) is 0. The van der Waals surface area contributed by atoms with Crippen molar-refractivity contribution in [2.45, 2.75) is 114 Å². The van der Waals surface area contributed by atoms with Gasteiger partial charge in [-0.25, -0.2) is 4.79 Å². The number of aliphatic hydroxyl groups is 1. The summed E-state index contributed by atoms with van der Waals surface area (Å²) in [6.07, 6.45) is 5.15. The fraction of sp³-hybridized carbons (Fsp3) is 0.567. The number of ketones is 1. The number of nitrogens with one attached hydrogen (secondary N) is 3. The Morgan fingerprint density at radius 3 is 1.56 bits per heavy atom. The minimum Gasteiger partial charge on any atom is -0.549 e. The molecule has 12 N–H and O–H groups in total. The van der Waals surface area contributed by atoms with E-state index in [0.29, 0.717) is 53.4 Å². The summed E-state index contributed by atoms with van der Waals surface area (Å²) in [4.78, 5) is 184. The molecule has 36 heteroatoms. The van der Waals surface area contributed by atoms with E-state index in [2.05, 4.69) is 27.2 Å². The SMILES string of the molecule is CC(=O)C1(O)CCC2C3CCC4=C/C(=N\OCCC(=O)NC(CCC(=O)Nc5ccc(CC(CN(CCN(CC(N)=O)CC(=O)[O-])CC(=O)[O-])N(CC(N)=O)CC(=O)[O-])cc5)C(=O)Nc5ccc(CC(CN(CCN(C(N)=O)C(=O)[O-])CC(=O)[O-])N(CC(N)=O)CC(=O)[O-])cc5)CCC4C3CCC21. The van der Waals surface area contributed by atoms with Gasteiger partial charge in [0.2, 0.25) is 35.4 Å². The van der Waals surface area contributed by atoms with E-state index < -0.39 is 173 Å². The molecule has 9 amide bonds. The number of carboxylic acid groups (broad SMARTS) is 6. The zero-order valence-corrected chi connectivity index (χ0v) is 57.1. The number of hydrogen-bond acceptors (Lipinski definition) is 28. The maximum Gasteiger partial charge on any atom is 0.320 e. The first-order chi connectivity index (χ1) is 48.7. The van der Waals surface area contributed by atoms with Gasteiger partial charge >= 0.3 is 6.03 Å². The Hall–Kier alpha value is -10.0. The van der Waals surface area contributed by atoms with Crippen LogP contribution in [0.4, 0.5) is 21.0 Å². The van der Waals surface area contributed by atoms with Crippen molar-refractivity contribution in [3.05, 3.63) is 71.3 Å². The van der Waals surface area contributed by atoms with Gasteiger partial charge in [0.1, 0.15) is 24.3 Å². The van der Waals surface area contributed by atoms with E-state index in [1.807, 2.05) is 0 Å². The number of aliphatic carboxylic acids is 5. The number of carbonyl (C=O) groups is 14. The highest BCUT2D eigenvalue weighted by atomic mass is 16.6. The summed E-state index contributed by atoms with van der Waals surface area (Å²) in [5.41, 5.74) is 23.3. The van der Waals surface area contributed by atoms with Crippen molar-refractivity contribution in [3.8, 4) is 0 Å². The maximum atomic E-state index is 14.3. The lowest BCUT2D eigenvalue weighted by Crippen LogP contribution is -2.55. The van der Waals surface area contributed by atoms with Gasteiger partial charge in [0.15, 0.2) is 5.78 Å². The number of carboxylic acids is 5. The normalized spacial score (nSPS) is 20.3. The largest absolute Gasteiger partial charge is 0.549 e. The van der Waals surface area contributed by atoms with E-state index >= 15 is 0 Å². The number of oxime groups is 1. The van der Waals surface area contributed by atoms with Crippen LogP contribution in [0, 0.1) is 29.6 Å². The number of anilines is 2. The van der Waals surface area contributed by atoms with Gasteiger partial charge in [0.05, 0.1) is 61.6 Å². The number of imide groups is 1. The van der Waals surface area contributed by atoms with Gasteiger partial charge in [-0.1, -0.05) is 35.0 Å². The van der Waals surface area contributed by atoms with E-state index in [1.165, 1.54) is 65.9 Å². The molecule has 0 bridgehead atoms. The first-order valence-corrected chi connectivity index (χ1v) is 33.6. The summed E-state index contributed by atoms with van der Waals surface area (Å²) < 4.78 is 0. The van der Waals surface area contributed by atoms with E-state index in [4.69, 9.17) is 27.8 Å². The molecule has 0 saturated heterocycles. The molecule has 0 radical (unpaired) electrons. The predicted octanol–water partition coefficient (Wildman–Crippen LogP) is -8.94. The highest BCUT2D eigenvalue weighted by Gasteiger charge is 2.57. The number of amides is 9. The minimum absolute atomic E-state index is 0.0225. The van der Waals surface area contributed by atoms with E-state index in [9.17, 15) is 103 Å². The van der Waals surface area contributed by atoms with Gasteiger partial charge in [0, 0.05) is 102 Å². The molecular weight excluding hydrogens is 1350 g/mol. The summed E-state index contributed by atoms with van der Waals surface area (Å²) in [5.74, 6) is -11.7. The van der Waals surface area contributed by atoms with E-state index in [1.54, 1.807) is 0 Å². The Labute approximate surface area is 592 Å². The van der Waals surface area contributed by atoms with Crippen LogP contribution in [0.25, 0.3) is 0 Å². The molecule has 4 aliphatic carbocycles. The Bertz CT molecular complexity index is 3420. The predicted molar refractivity (Wildman–Crippen MR) is 349 cm³/mol. The van der Waals surface area contributed by atoms with Crippen LogP contribution in [0.2, 0.25) is 0 Å². The third kappa shape index (κ3) is 26.1. The Balaban J connectivity index is 1.17. The lowest BCUT2D eigenvalue weighted by atomic mass is 9.55. The molecule has 0 spiro atoms. The van der Waals surface area contributed by atoms with Crippen LogP contribution in [-0.4, -0.2) is 245 Å². The van der Waals surface area contributed by atoms with Crippen LogP contribution in [0.3, 0.4) is 0 Å². The van der Waals surface area contributed by atoms with E-state index in [0.717, 1.165) is 58.1 Å². The average molecular weight is 1440 g/mol. The van der Waals surface area contributed by atoms with Crippen molar-refractivity contribution in [2.24, 2.45) is 57.7 Å². The number of nitrogens with zero attached hydrogens (tertiary/aromatic N) is 7. The maximum absolute atomic E-state index is 14.3. The molecular formula is C67H88N14O22-6. The van der Waals surface area contributed by atoms with Crippen molar-refractivity contribution in [1.82, 2.24) is 34.7 Å². The zero-order valence-electron chi connectivity index (χ0n) is 57.1. The van der Waals surface area contributed by atoms with Gasteiger partial charge in [-0.15, -0.1) is 0 Å². The molecule has 2 aromatic carbocycles. The molecule has 2 aromatic rings. The molecule has 9 unspecified atom stereocenters. The summed E-state index contributed by atoms with van der Waals surface area (Å²) in [6.45, 7) is -6.96. The third-order valence-electron chi connectivity index (χ3n) is 19.3. The second-order valence-electron chi connectivity index (χ2n) is 26.6. The van der Waals surface area contributed by atoms with Crippen LogP contribution in [0.5, 0.6) is 0 Å². The molecule has 9 atom stereocenters. The number of rotatable bonds is 44. The second kappa shape index (κ2) is 38.9. The highest BCUT2D eigenvalue weighted by molar-refractivity contribution is 5.98. The number of hydrogen-bond donors (Lipinski definition) is 8. The van der Waals surface area contributed by atoms with Crippen molar-refractivity contribution >= 4 is 100 Å². The van der Waals surface area contributed by atoms with Gasteiger partial charge in [-0.3, -0.25) is 63.0 Å². The summed E-state index contributed by atoms with van der Waals surface area (Å²) in [5, 5.41) is 94.4. The first-order valence-electron chi connectivity index (χ1n) is 33.6. The van der Waals surface area contributed by atoms with Crippen LogP contribution in [0.1, 0.15) is 88.7 Å². The number of carbonyl (C=O) groups excluding carboxylic acids is 14. The molecule has 564 valence electrons. The van der Waals surface area contributed by atoms with Crippen LogP contribution < -0.4 is 69.5 Å². The van der Waals surface area contributed by atoms with Crippen molar-refractivity contribution < 1.29 is 108 Å². The molecule has 3 fully saturated rings. The molecule has 0 heterocycles. The number of benzene rings is 2. The Kier molecular flexibility index (Phi) is 30.9. The first kappa shape index (κ1) is 82.0. The number of Topliss-reactive ketones (excluding diaryl/α,β-unsaturated/α-hetero) is 1.